The van der Waals surface area contributed by atoms with E-state index in [-0.39, 0.29) is 78.3 Å². The van der Waals surface area contributed by atoms with Crippen LogP contribution >= 0.6 is 46.4 Å². The molecule has 0 spiro atoms. The van der Waals surface area contributed by atoms with Crippen molar-refractivity contribution in [2.45, 2.75) is 0 Å². The van der Waals surface area contributed by atoms with Crippen molar-refractivity contribution in [3.05, 3.63) is 97.2 Å². The van der Waals surface area contributed by atoms with Crippen molar-refractivity contribution in [1.29, 1.82) is 0 Å². The van der Waals surface area contributed by atoms with Crippen LogP contribution in [0.25, 0.3) is 5.69 Å². The van der Waals surface area contributed by atoms with Crippen LogP contribution in [-0.4, -0.2) is 26.2 Å². The van der Waals surface area contributed by atoms with Crippen LogP contribution in [-0.2, 0) is 0 Å². The maximum Gasteiger partial charge on any atom is 1.00 e. The van der Waals surface area contributed by atoms with Gasteiger partial charge in [-0.25, -0.2) is 4.39 Å². The largest absolute Gasteiger partial charge is 1.00 e. The van der Waals surface area contributed by atoms with Gasteiger partial charge in [0.2, 0.25) is 11.6 Å². The first kappa shape index (κ1) is 26.6. The van der Waals surface area contributed by atoms with E-state index in [1.165, 1.54) is 30.3 Å². The van der Waals surface area contributed by atoms with Gasteiger partial charge in [0.05, 0.1) is 27.5 Å². The number of nitrogens with one attached hydrogen (secondary N) is 1. The van der Waals surface area contributed by atoms with Gasteiger partial charge in [0.1, 0.15) is 32.6 Å². The first-order valence-electron chi connectivity index (χ1n) is 9.10. The molecule has 2 aromatic carbocycles. The van der Waals surface area contributed by atoms with Gasteiger partial charge in [0, 0.05) is 0 Å². The van der Waals surface area contributed by atoms with Crippen LogP contribution in [0.4, 0.5) is 4.39 Å². The molecule has 0 saturated heterocycles. The van der Waals surface area contributed by atoms with Crippen LogP contribution in [0.15, 0.2) is 48.5 Å². The number of para-hydroxylation sites is 1. The number of benzene rings is 2. The molecule has 12 heteroatoms. The van der Waals surface area contributed by atoms with Crippen molar-refractivity contribution in [2.75, 3.05) is 0 Å². The maximum absolute atomic E-state index is 14.4. The van der Waals surface area contributed by atoms with E-state index in [2.05, 4.69) is 4.98 Å². The van der Waals surface area contributed by atoms with Gasteiger partial charge in [-0.1, -0.05) is 76.4 Å². The van der Waals surface area contributed by atoms with Gasteiger partial charge in [-0.2, -0.15) is 0 Å². The minimum absolute atomic E-state index is 0. The Bertz CT molecular complexity index is 1430. The summed E-state index contributed by atoms with van der Waals surface area (Å²) >= 11 is 24.9. The van der Waals surface area contributed by atoms with Crippen LogP contribution in [0.5, 0.6) is 11.5 Å². The summed E-state index contributed by atoms with van der Waals surface area (Å²) in [5.41, 5.74) is -1.57. The molecule has 0 aliphatic carbocycles. The zero-order valence-corrected chi connectivity index (χ0v) is 22.2. The molecule has 168 valence electrons. The molecule has 2 heterocycles. The van der Waals surface area contributed by atoms with E-state index >= 15 is 0 Å². The molecule has 2 N–H and O–H groups in total. The van der Waals surface area contributed by atoms with Gasteiger partial charge in [-0.3, -0.25) is 14.2 Å². The summed E-state index contributed by atoms with van der Waals surface area (Å²) in [6, 6.07) is 9.99. The van der Waals surface area contributed by atoms with Crippen LogP contribution in [0.2, 0.25) is 20.4 Å². The first-order chi connectivity index (χ1) is 15.6. The average molecular weight is 550 g/mol. The Morgan fingerprint density at radius 1 is 1.00 bits per heavy atom. The molecule has 0 aliphatic heterocycles. The topological polar surface area (TPSA) is 98.2 Å². The summed E-state index contributed by atoms with van der Waals surface area (Å²) in [5, 5.41) is 21.6. The maximum atomic E-state index is 14.4. The second-order valence-electron chi connectivity index (χ2n) is 6.77. The summed E-state index contributed by atoms with van der Waals surface area (Å²) in [4.78, 5) is 29.0. The van der Waals surface area contributed by atoms with E-state index in [0.717, 1.165) is 22.8 Å². The van der Waals surface area contributed by atoms with E-state index < -0.39 is 28.7 Å². The molecule has 0 bridgehead atoms. The normalized spacial score (nSPS) is 10.7. The van der Waals surface area contributed by atoms with Crippen LogP contribution in [0, 0.1) is 5.82 Å². The molecular weight excluding hydrogens is 540 g/mol. The monoisotopic (exact) mass is 548 g/mol. The fraction of sp³-hybridized carbons (Fsp3) is 0. The van der Waals surface area contributed by atoms with Crippen molar-refractivity contribution < 1.29 is 53.7 Å². The number of aromatic amines is 1. The molecule has 4 rings (SSSR count). The van der Waals surface area contributed by atoms with E-state index in [1.54, 1.807) is 0 Å². The summed E-state index contributed by atoms with van der Waals surface area (Å²) < 4.78 is 15.3. The van der Waals surface area contributed by atoms with Crippen molar-refractivity contribution in [3.8, 4) is 17.2 Å². The molecule has 34 heavy (non-hydrogen) atoms. The third-order valence-corrected chi connectivity index (χ3v) is 6.31. The number of halogens is 5. The number of aromatic hydroxyl groups is 1. The van der Waals surface area contributed by atoms with Crippen molar-refractivity contribution in [1.82, 2.24) is 9.55 Å². The Morgan fingerprint density at radius 2 is 1.68 bits per heavy atom. The molecule has 4 aromatic rings. The fourth-order valence-corrected chi connectivity index (χ4v) is 4.14. The molecule has 0 fully saturated rings. The summed E-state index contributed by atoms with van der Waals surface area (Å²) in [7, 11) is 0. The number of nitrogens with zero attached hydrogens (tertiary/aromatic N) is 1. The molecule has 6 nitrogen and oxygen atoms in total. The Balaban J connectivity index is 0.00000324. The second-order valence-corrected chi connectivity index (χ2v) is 8.29. The third kappa shape index (κ3) is 4.50. The molecular formula is C22H10Cl4FN2NaO4. The Kier molecular flexibility index (Phi) is 8.10. The van der Waals surface area contributed by atoms with Gasteiger partial charge in [0.15, 0.2) is 0 Å². The fourth-order valence-electron chi connectivity index (χ4n) is 3.31. The number of aromatic nitrogens is 2. The molecule has 2 aromatic heterocycles. The zero-order valence-electron chi connectivity index (χ0n) is 17.1. The number of phenols is 1. The SMILES string of the molecule is O=C(c1ccccc1O)c1[nH]c(Cl)c(Cl)c1-n1c(C(=O)c2c([O-])cccc2F)cc(Cl)c1Cl.[Na+]. The van der Waals surface area contributed by atoms with Gasteiger partial charge in [-0.05, 0) is 24.3 Å². The second kappa shape index (κ2) is 10.3. The Labute approximate surface area is 234 Å². The van der Waals surface area contributed by atoms with Crippen LogP contribution in [0.1, 0.15) is 32.1 Å². The number of phenolic OH excluding ortho intramolecular Hbond substituents is 1. The van der Waals surface area contributed by atoms with E-state index in [4.69, 9.17) is 46.4 Å². The number of rotatable bonds is 5. The van der Waals surface area contributed by atoms with E-state index in [1.807, 2.05) is 0 Å². The number of H-pyrrole nitrogens is 1. The smallest absolute Gasteiger partial charge is 0.872 e. The number of carbonyl (C=O) groups excluding carboxylic acids is 2. The molecule has 0 radical (unpaired) electrons. The molecule has 0 aliphatic rings. The quantitative estimate of drug-likeness (QED) is 0.295. The minimum atomic E-state index is -1.05. The van der Waals surface area contributed by atoms with Crippen molar-refractivity contribution in [3.63, 3.8) is 0 Å². The van der Waals surface area contributed by atoms with Gasteiger partial charge in [-0.15, -0.1) is 0 Å². The number of ketones is 2. The van der Waals surface area contributed by atoms with Gasteiger partial charge in [0.25, 0.3) is 0 Å². The van der Waals surface area contributed by atoms with Crippen molar-refractivity contribution >= 4 is 58.0 Å². The molecule has 0 atom stereocenters. The third-order valence-electron chi connectivity index (χ3n) is 4.80. The number of hydrogen-bond acceptors (Lipinski definition) is 4. The summed E-state index contributed by atoms with van der Waals surface area (Å²) in [5.74, 6) is -3.99. The molecule has 0 amide bonds. The summed E-state index contributed by atoms with van der Waals surface area (Å²) in [6.45, 7) is 0. The minimum Gasteiger partial charge on any atom is -0.872 e. The zero-order chi connectivity index (χ0) is 24.0. The Hall–Kier alpha value is -1.97. The van der Waals surface area contributed by atoms with E-state index in [0.29, 0.717) is 0 Å². The van der Waals surface area contributed by atoms with Gasteiger partial charge < -0.3 is 15.2 Å². The van der Waals surface area contributed by atoms with Crippen LogP contribution in [0.3, 0.4) is 0 Å². The number of carbonyl (C=O) groups is 2. The summed E-state index contributed by atoms with van der Waals surface area (Å²) in [6.07, 6.45) is 0. The molecule has 0 saturated carbocycles. The average Bonchev–Trinajstić information content (AvgIpc) is 3.23. The van der Waals surface area contributed by atoms with Gasteiger partial charge >= 0.3 is 29.6 Å². The first-order valence-corrected chi connectivity index (χ1v) is 10.6. The predicted molar refractivity (Wildman–Crippen MR) is 121 cm³/mol. The van der Waals surface area contributed by atoms with Crippen molar-refractivity contribution in [2.24, 2.45) is 0 Å². The van der Waals surface area contributed by atoms with E-state index in [9.17, 15) is 24.2 Å². The standard InChI is InChI=1S/C22H11Cl4FN2O4.Na/c23-10-8-12(20(33)15-11(27)5-3-7-14(15)31)29(22(10)26)18-16(24)21(25)28-17(18)19(32)9-4-1-2-6-13(9)30;/h1-8,28,30-31H;/q;+1/p-1. The number of hydrogen-bond donors (Lipinski definition) is 2. The molecule has 0 unspecified atom stereocenters. The predicted octanol–water partition coefficient (Wildman–Crippen LogP) is 2.80. The van der Waals surface area contributed by atoms with Crippen LogP contribution < -0.4 is 34.7 Å². The Morgan fingerprint density at radius 3 is 2.32 bits per heavy atom.